The molecule has 0 bridgehead atoms. The van der Waals surface area contributed by atoms with Crippen molar-refractivity contribution in [1.29, 1.82) is 0 Å². The second-order valence-electron chi connectivity index (χ2n) is 4.66. The summed E-state index contributed by atoms with van der Waals surface area (Å²) in [5, 5.41) is 1.84. The van der Waals surface area contributed by atoms with Crippen LogP contribution in [0.1, 0.15) is 19.8 Å². The van der Waals surface area contributed by atoms with Gasteiger partial charge in [-0.2, -0.15) is 0 Å². The summed E-state index contributed by atoms with van der Waals surface area (Å²) in [6.45, 7) is 3.07. The van der Waals surface area contributed by atoms with E-state index in [0.717, 1.165) is 36.6 Å². The molecule has 21 heavy (non-hydrogen) atoms. The van der Waals surface area contributed by atoms with Gasteiger partial charge in [0.15, 0.2) is 11.5 Å². The lowest BCUT2D eigenvalue weighted by Gasteiger charge is -2.19. The number of unbranched alkanes of at least 4 members (excludes halogenated alkanes) is 1. The first-order chi connectivity index (χ1) is 9.79. The van der Waals surface area contributed by atoms with E-state index in [2.05, 4.69) is 6.92 Å². The quantitative estimate of drug-likeness (QED) is 0.677. The van der Waals surface area contributed by atoms with Crippen LogP contribution >= 0.6 is 12.4 Å². The van der Waals surface area contributed by atoms with Crippen molar-refractivity contribution >= 4 is 12.4 Å². The number of hydrogen-bond donors (Lipinski definition) is 0. The number of rotatable bonds is 7. The highest BCUT2D eigenvalue weighted by molar-refractivity contribution is 5.85. The van der Waals surface area contributed by atoms with Gasteiger partial charge in [0.25, 0.3) is 0 Å². The van der Waals surface area contributed by atoms with Gasteiger partial charge < -0.3 is 9.57 Å². The maximum absolute atomic E-state index is 5.86. The van der Waals surface area contributed by atoms with Crippen LogP contribution in [0.25, 0.3) is 0 Å². The lowest BCUT2D eigenvalue weighted by atomic mass is 10.3. The van der Waals surface area contributed by atoms with Crippen LogP contribution in [0.2, 0.25) is 0 Å². The Hall–Kier alpha value is -1.71. The molecule has 0 saturated carbocycles. The van der Waals surface area contributed by atoms with Crippen molar-refractivity contribution < 1.29 is 9.57 Å². The molecular weight excluding hydrogens is 286 g/mol. The molecule has 0 N–H and O–H groups in total. The summed E-state index contributed by atoms with van der Waals surface area (Å²) in [6, 6.07) is 17.4. The second-order valence-corrected chi connectivity index (χ2v) is 4.66. The summed E-state index contributed by atoms with van der Waals surface area (Å²) < 4.78 is 5.86. The van der Waals surface area contributed by atoms with Crippen molar-refractivity contribution in [3.05, 3.63) is 54.6 Å². The maximum atomic E-state index is 5.86. The van der Waals surface area contributed by atoms with Crippen LogP contribution in [0.15, 0.2) is 54.6 Å². The molecule has 0 fully saturated rings. The van der Waals surface area contributed by atoms with Crippen LogP contribution in [0.3, 0.4) is 0 Å². The van der Waals surface area contributed by atoms with Gasteiger partial charge >= 0.3 is 0 Å². The zero-order valence-electron chi connectivity index (χ0n) is 12.5. The molecule has 0 radical (unpaired) electrons. The van der Waals surface area contributed by atoms with E-state index in [1.54, 1.807) is 0 Å². The molecule has 0 unspecified atom stereocenters. The first-order valence-corrected chi connectivity index (χ1v) is 7.00. The van der Waals surface area contributed by atoms with E-state index in [1.807, 2.05) is 66.7 Å². The van der Waals surface area contributed by atoms with Gasteiger partial charge in [-0.05, 0) is 30.7 Å². The van der Waals surface area contributed by atoms with Gasteiger partial charge in [-0.25, -0.2) is 0 Å². The topological polar surface area (TPSA) is 21.7 Å². The molecule has 4 heteroatoms. The largest absolute Gasteiger partial charge is 0.453 e. The minimum absolute atomic E-state index is 0. The van der Waals surface area contributed by atoms with Gasteiger partial charge in [-0.3, -0.25) is 0 Å². The minimum Gasteiger partial charge on any atom is -0.453 e. The predicted molar refractivity (Wildman–Crippen MR) is 88.4 cm³/mol. The Morgan fingerprint density at radius 3 is 2.19 bits per heavy atom. The van der Waals surface area contributed by atoms with E-state index >= 15 is 0 Å². The standard InChI is InChI=1S/C17H21NO2.ClH/c1-3-4-14-18(2)20-17-13-9-8-12-16(17)19-15-10-6-5-7-11-15;/h5-13H,3-4,14H2,1-2H3;1H. The molecule has 0 atom stereocenters. The van der Waals surface area contributed by atoms with E-state index in [-0.39, 0.29) is 12.4 Å². The van der Waals surface area contributed by atoms with Crippen LogP contribution in [-0.4, -0.2) is 18.7 Å². The first kappa shape index (κ1) is 17.3. The fraction of sp³-hybridized carbons (Fsp3) is 0.294. The molecule has 2 rings (SSSR count). The lowest BCUT2D eigenvalue weighted by Crippen LogP contribution is -2.23. The Balaban J connectivity index is 0.00000220. The fourth-order valence-electron chi connectivity index (χ4n) is 1.82. The summed E-state index contributed by atoms with van der Waals surface area (Å²) in [7, 11) is 1.94. The Labute approximate surface area is 132 Å². The number of nitrogens with zero attached hydrogens (tertiary/aromatic N) is 1. The highest BCUT2D eigenvalue weighted by Crippen LogP contribution is 2.31. The molecular formula is C17H22ClNO2. The summed E-state index contributed by atoms with van der Waals surface area (Å²) >= 11 is 0. The van der Waals surface area contributed by atoms with Crippen molar-refractivity contribution in [2.24, 2.45) is 0 Å². The number of para-hydroxylation sites is 3. The molecule has 0 aliphatic heterocycles. The summed E-state index contributed by atoms with van der Waals surface area (Å²) in [6.07, 6.45) is 2.26. The van der Waals surface area contributed by atoms with Crippen molar-refractivity contribution in [2.75, 3.05) is 13.6 Å². The highest BCUT2D eigenvalue weighted by atomic mass is 35.5. The van der Waals surface area contributed by atoms with E-state index in [0.29, 0.717) is 0 Å². The molecule has 0 amide bonds. The molecule has 0 saturated heterocycles. The fourth-order valence-corrected chi connectivity index (χ4v) is 1.82. The van der Waals surface area contributed by atoms with Crippen molar-refractivity contribution in [3.63, 3.8) is 0 Å². The second kappa shape index (κ2) is 9.27. The molecule has 0 spiro atoms. The summed E-state index contributed by atoms with van der Waals surface area (Å²) in [5.41, 5.74) is 0. The number of benzene rings is 2. The maximum Gasteiger partial charge on any atom is 0.189 e. The number of ether oxygens (including phenoxy) is 1. The van der Waals surface area contributed by atoms with Crippen molar-refractivity contribution in [1.82, 2.24) is 5.06 Å². The van der Waals surface area contributed by atoms with Gasteiger partial charge in [0.1, 0.15) is 5.75 Å². The van der Waals surface area contributed by atoms with Crippen molar-refractivity contribution in [2.45, 2.75) is 19.8 Å². The van der Waals surface area contributed by atoms with E-state index in [9.17, 15) is 0 Å². The smallest absolute Gasteiger partial charge is 0.189 e. The molecule has 0 aromatic heterocycles. The molecule has 3 nitrogen and oxygen atoms in total. The zero-order valence-corrected chi connectivity index (χ0v) is 13.3. The molecule has 0 heterocycles. The number of hydroxylamine groups is 2. The predicted octanol–water partition coefficient (Wildman–Crippen LogP) is 4.93. The third-order valence-electron chi connectivity index (χ3n) is 2.90. The first-order valence-electron chi connectivity index (χ1n) is 7.00. The van der Waals surface area contributed by atoms with Gasteiger partial charge in [0.05, 0.1) is 0 Å². The van der Waals surface area contributed by atoms with E-state index in [4.69, 9.17) is 9.57 Å². The Morgan fingerprint density at radius 1 is 0.905 bits per heavy atom. The van der Waals surface area contributed by atoms with Gasteiger partial charge in [0, 0.05) is 13.6 Å². The zero-order chi connectivity index (χ0) is 14.2. The Bertz CT molecular complexity index is 519. The Morgan fingerprint density at radius 2 is 1.52 bits per heavy atom. The molecule has 114 valence electrons. The SMILES string of the molecule is CCCCN(C)Oc1ccccc1Oc1ccccc1.Cl. The monoisotopic (exact) mass is 307 g/mol. The molecule has 2 aromatic rings. The van der Waals surface area contributed by atoms with Crippen LogP contribution < -0.4 is 9.57 Å². The normalized spacial score (nSPS) is 10.0. The van der Waals surface area contributed by atoms with Crippen LogP contribution in [0.4, 0.5) is 0 Å². The van der Waals surface area contributed by atoms with E-state index < -0.39 is 0 Å². The number of hydrogen-bond acceptors (Lipinski definition) is 3. The molecule has 0 aliphatic carbocycles. The molecule has 0 aliphatic rings. The third-order valence-corrected chi connectivity index (χ3v) is 2.90. The minimum atomic E-state index is 0. The highest BCUT2D eigenvalue weighted by Gasteiger charge is 2.08. The molecule has 2 aromatic carbocycles. The van der Waals surface area contributed by atoms with Crippen LogP contribution in [-0.2, 0) is 0 Å². The van der Waals surface area contributed by atoms with Crippen LogP contribution in [0.5, 0.6) is 17.2 Å². The van der Waals surface area contributed by atoms with Crippen LogP contribution in [0, 0.1) is 0 Å². The van der Waals surface area contributed by atoms with Gasteiger partial charge in [-0.15, -0.1) is 17.5 Å². The van der Waals surface area contributed by atoms with Gasteiger partial charge in [-0.1, -0.05) is 43.7 Å². The lowest BCUT2D eigenvalue weighted by molar-refractivity contribution is -0.0341. The average molecular weight is 308 g/mol. The average Bonchev–Trinajstić information content (AvgIpc) is 2.48. The van der Waals surface area contributed by atoms with Crippen molar-refractivity contribution in [3.8, 4) is 17.2 Å². The summed E-state index contributed by atoms with van der Waals surface area (Å²) in [5.74, 6) is 2.26. The van der Waals surface area contributed by atoms with Gasteiger partial charge in [0.2, 0.25) is 0 Å². The summed E-state index contributed by atoms with van der Waals surface area (Å²) in [4.78, 5) is 5.83. The Kier molecular flexibility index (Phi) is 7.65. The van der Waals surface area contributed by atoms with E-state index in [1.165, 1.54) is 0 Å². The number of halogens is 1. The third kappa shape index (κ3) is 5.66.